The van der Waals surface area contributed by atoms with Crippen LogP contribution in [0.1, 0.15) is 31.9 Å². The Balaban J connectivity index is 2.81. The number of benzene rings is 1. The lowest BCUT2D eigenvalue weighted by Gasteiger charge is -2.17. The van der Waals surface area contributed by atoms with E-state index < -0.39 is 11.6 Å². The summed E-state index contributed by atoms with van der Waals surface area (Å²) in [4.78, 5) is 11.5. The predicted molar refractivity (Wildman–Crippen MR) is 73.9 cm³/mol. The van der Waals surface area contributed by atoms with Crippen molar-refractivity contribution in [1.82, 2.24) is 0 Å². The number of halogens is 2. The summed E-state index contributed by atoms with van der Waals surface area (Å²) in [6, 6.07) is 4.43. The van der Waals surface area contributed by atoms with Crippen LogP contribution in [0.4, 0.5) is 4.39 Å². The Kier molecular flexibility index (Phi) is 5.08. The molecule has 18 heavy (non-hydrogen) atoms. The lowest BCUT2D eigenvalue weighted by molar-refractivity contribution is -0.148. The normalized spacial score (nSPS) is 11.8. The summed E-state index contributed by atoms with van der Waals surface area (Å²) < 4.78 is 18.2. The molecule has 0 spiro atoms. The first kappa shape index (κ1) is 14.9. The number of esters is 1. The van der Waals surface area contributed by atoms with Gasteiger partial charge in [-0.2, -0.15) is 0 Å². The lowest BCUT2D eigenvalue weighted by Crippen LogP contribution is -2.22. The predicted octanol–water partition coefficient (Wildman–Crippen LogP) is 4.08. The average molecular weight is 315 g/mol. The topological polar surface area (TPSA) is 26.3 Å². The Morgan fingerprint density at radius 1 is 1.44 bits per heavy atom. The summed E-state index contributed by atoms with van der Waals surface area (Å²) in [6.07, 6.45) is 2.98. The molecule has 0 atom stereocenters. The first-order chi connectivity index (χ1) is 8.31. The van der Waals surface area contributed by atoms with Crippen LogP contribution in [0.15, 0.2) is 24.3 Å². The Hall–Kier alpha value is -1.16. The zero-order chi connectivity index (χ0) is 13.8. The summed E-state index contributed by atoms with van der Waals surface area (Å²) in [5.41, 5.74) is 1.07. The van der Waals surface area contributed by atoms with E-state index in [2.05, 4.69) is 15.9 Å². The van der Waals surface area contributed by atoms with E-state index in [1.807, 2.05) is 0 Å². The van der Waals surface area contributed by atoms with Crippen LogP contribution >= 0.6 is 15.9 Å². The molecule has 0 saturated heterocycles. The van der Waals surface area contributed by atoms with Crippen LogP contribution in [0, 0.1) is 5.82 Å². The molecule has 0 aliphatic carbocycles. The van der Waals surface area contributed by atoms with Crippen LogP contribution in [-0.2, 0) is 14.9 Å². The Labute approximate surface area is 115 Å². The van der Waals surface area contributed by atoms with E-state index >= 15 is 0 Å². The molecule has 0 amide bonds. The Morgan fingerprint density at radius 2 is 2.11 bits per heavy atom. The van der Waals surface area contributed by atoms with Crippen LogP contribution in [0.3, 0.4) is 0 Å². The fourth-order valence-electron chi connectivity index (χ4n) is 1.35. The number of hydrogen-bond acceptors (Lipinski definition) is 2. The molecule has 0 N–H and O–H groups in total. The minimum Gasteiger partial charge on any atom is -0.457 e. The van der Waals surface area contributed by atoms with Crippen molar-refractivity contribution in [3.05, 3.63) is 41.2 Å². The van der Waals surface area contributed by atoms with Gasteiger partial charge in [0.2, 0.25) is 0 Å². The van der Waals surface area contributed by atoms with E-state index in [1.54, 1.807) is 32.9 Å². The maximum Gasteiger partial charge on any atom is 0.331 e. The zero-order valence-electron chi connectivity index (χ0n) is 10.7. The van der Waals surface area contributed by atoms with Gasteiger partial charge < -0.3 is 4.74 Å². The van der Waals surface area contributed by atoms with Crippen LogP contribution in [0.2, 0.25) is 0 Å². The minimum absolute atomic E-state index is 0.293. The van der Waals surface area contributed by atoms with E-state index in [-0.39, 0.29) is 5.82 Å². The summed E-state index contributed by atoms with van der Waals surface area (Å²) >= 11 is 3.28. The molecule has 0 aromatic heterocycles. The van der Waals surface area contributed by atoms with E-state index in [9.17, 15) is 9.18 Å². The molecule has 0 radical (unpaired) electrons. The summed E-state index contributed by atoms with van der Waals surface area (Å²) in [5, 5.41) is 0.527. The molecule has 0 heterocycles. The van der Waals surface area contributed by atoms with Gasteiger partial charge in [0.05, 0.1) is 0 Å². The molecule has 1 aromatic carbocycles. The SMILES string of the molecule is CC(C)(C)OC(=O)C=Cc1ccc(F)cc1CBr. The highest BCUT2D eigenvalue weighted by molar-refractivity contribution is 9.08. The quantitative estimate of drug-likeness (QED) is 0.477. The fourth-order valence-corrected chi connectivity index (χ4v) is 1.83. The standard InChI is InChI=1S/C14H16BrFO2/c1-14(2,3)18-13(17)7-5-10-4-6-12(16)8-11(10)9-15/h4-8H,9H2,1-3H3. The molecule has 0 bridgehead atoms. The van der Waals surface area contributed by atoms with Crippen molar-refractivity contribution in [2.45, 2.75) is 31.7 Å². The zero-order valence-corrected chi connectivity index (χ0v) is 12.3. The molecule has 0 fully saturated rings. The van der Waals surface area contributed by atoms with Crippen molar-refractivity contribution in [2.75, 3.05) is 0 Å². The van der Waals surface area contributed by atoms with Gasteiger partial charge in [-0.15, -0.1) is 0 Å². The highest BCUT2D eigenvalue weighted by Gasteiger charge is 2.13. The van der Waals surface area contributed by atoms with Crippen molar-refractivity contribution in [3.8, 4) is 0 Å². The van der Waals surface area contributed by atoms with Crippen LogP contribution < -0.4 is 0 Å². The third-order valence-corrected chi connectivity index (χ3v) is 2.66. The van der Waals surface area contributed by atoms with Gasteiger partial charge in [-0.1, -0.05) is 22.0 Å². The van der Waals surface area contributed by atoms with Gasteiger partial charge in [-0.25, -0.2) is 9.18 Å². The summed E-state index contributed by atoms with van der Waals surface area (Å²) in [7, 11) is 0. The van der Waals surface area contributed by atoms with Crippen LogP contribution in [-0.4, -0.2) is 11.6 Å². The number of rotatable bonds is 3. The van der Waals surface area contributed by atoms with Crippen LogP contribution in [0.25, 0.3) is 6.08 Å². The number of ether oxygens (including phenoxy) is 1. The van der Waals surface area contributed by atoms with Gasteiger partial charge in [-0.3, -0.25) is 0 Å². The van der Waals surface area contributed by atoms with Crippen molar-refractivity contribution in [3.63, 3.8) is 0 Å². The molecule has 0 aliphatic heterocycles. The first-order valence-corrected chi connectivity index (χ1v) is 6.69. The van der Waals surface area contributed by atoms with Crippen molar-refractivity contribution < 1.29 is 13.9 Å². The van der Waals surface area contributed by atoms with Gasteiger partial charge >= 0.3 is 5.97 Å². The summed E-state index contributed by atoms with van der Waals surface area (Å²) in [5.74, 6) is -0.703. The minimum atomic E-state index is -0.511. The van der Waals surface area contributed by atoms with Crippen molar-refractivity contribution >= 4 is 28.0 Å². The smallest absolute Gasteiger partial charge is 0.331 e. The third-order valence-electron chi connectivity index (χ3n) is 2.05. The first-order valence-electron chi connectivity index (χ1n) is 5.57. The van der Waals surface area contributed by atoms with E-state index in [0.717, 1.165) is 11.1 Å². The Morgan fingerprint density at radius 3 is 2.67 bits per heavy atom. The van der Waals surface area contributed by atoms with Gasteiger partial charge in [-0.05, 0) is 50.1 Å². The maximum atomic E-state index is 13.0. The van der Waals surface area contributed by atoms with Crippen LogP contribution in [0.5, 0.6) is 0 Å². The second-order valence-corrected chi connectivity index (χ2v) is 5.40. The second-order valence-electron chi connectivity index (χ2n) is 4.84. The lowest BCUT2D eigenvalue weighted by atomic mass is 10.1. The van der Waals surface area contributed by atoms with Crippen molar-refractivity contribution in [1.29, 1.82) is 0 Å². The van der Waals surface area contributed by atoms with Gasteiger partial charge in [0.15, 0.2) is 0 Å². The number of alkyl halides is 1. The van der Waals surface area contributed by atoms with E-state index in [0.29, 0.717) is 5.33 Å². The largest absolute Gasteiger partial charge is 0.457 e. The molecule has 4 heteroatoms. The van der Waals surface area contributed by atoms with E-state index in [4.69, 9.17) is 4.74 Å². The average Bonchev–Trinajstić information content (AvgIpc) is 2.24. The van der Waals surface area contributed by atoms with Gasteiger partial charge in [0.1, 0.15) is 11.4 Å². The fraction of sp³-hybridized carbons (Fsp3) is 0.357. The molecular formula is C14H16BrFO2. The van der Waals surface area contributed by atoms with E-state index in [1.165, 1.54) is 18.2 Å². The molecule has 98 valence electrons. The number of carbonyl (C=O) groups excluding carboxylic acids is 1. The molecule has 0 unspecified atom stereocenters. The molecule has 2 nitrogen and oxygen atoms in total. The number of carbonyl (C=O) groups is 1. The maximum absolute atomic E-state index is 13.0. The Bertz CT molecular complexity index is 461. The second kappa shape index (κ2) is 6.14. The highest BCUT2D eigenvalue weighted by atomic mass is 79.9. The van der Waals surface area contributed by atoms with Gasteiger partial charge in [0, 0.05) is 11.4 Å². The van der Waals surface area contributed by atoms with Crippen molar-refractivity contribution in [2.24, 2.45) is 0 Å². The third kappa shape index (κ3) is 5.00. The molecular weight excluding hydrogens is 299 g/mol. The monoisotopic (exact) mass is 314 g/mol. The number of hydrogen-bond donors (Lipinski definition) is 0. The summed E-state index contributed by atoms with van der Waals surface area (Å²) in [6.45, 7) is 5.42. The highest BCUT2D eigenvalue weighted by Crippen LogP contribution is 2.16. The molecule has 0 saturated carbocycles. The molecule has 1 rings (SSSR count). The van der Waals surface area contributed by atoms with Gasteiger partial charge in [0.25, 0.3) is 0 Å². The molecule has 1 aromatic rings. The molecule has 0 aliphatic rings.